The summed E-state index contributed by atoms with van der Waals surface area (Å²) in [6, 6.07) is 0. The van der Waals surface area contributed by atoms with Crippen molar-refractivity contribution in [3.8, 4) is 0 Å². The van der Waals surface area contributed by atoms with Gasteiger partial charge < -0.3 is 10.8 Å². The van der Waals surface area contributed by atoms with Crippen molar-refractivity contribution in [1.29, 1.82) is 0 Å². The Morgan fingerprint density at radius 1 is 1.73 bits per heavy atom. The number of aliphatic carboxylic acids is 1. The zero-order valence-electron chi connectivity index (χ0n) is 7.97. The lowest BCUT2D eigenvalue weighted by atomic mass is 10.3. The number of thioether (sulfide) groups is 1. The predicted molar refractivity (Wildman–Crippen MR) is 58.0 cm³/mol. The second-order valence-electron chi connectivity index (χ2n) is 2.84. The predicted octanol–water partition coefficient (Wildman–Crippen LogP) is 0.736. The molecule has 5 nitrogen and oxygen atoms in total. The van der Waals surface area contributed by atoms with Gasteiger partial charge in [-0.05, 0) is 6.92 Å². The maximum absolute atomic E-state index is 10.8. The number of nitrogens with zero attached hydrogens (tertiary/aromatic N) is 1. The van der Waals surface area contributed by atoms with Crippen LogP contribution in [0, 0.1) is 0 Å². The van der Waals surface area contributed by atoms with E-state index < -0.39 is 11.9 Å². The Labute approximate surface area is 94.7 Å². The van der Waals surface area contributed by atoms with Gasteiger partial charge in [0, 0.05) is 5.38 Å². The molecule has 1 amide bonds. The summed E-state index contributed by atoms with van der Waals surface area (Å²) in [6.07, 6.45) is -0.0952. The highest BCUT2D eigenvalue weighted by atomic mass is 32.2. The minimum absolute atomic E-state index is 0.0952. The fourth-order valence-corrected chi connectivity index (χ4v) is 2.72. The lowest BCUT2D eigenvalue weighted by molar-refractivity contribution is -0.136. The van der Waals surface area contributed by atoms with Crippen LogP contribution in [0.2, 0.25) is 0 Å². The molecule has 0 aliphatic heterocycles. The number of aromatic nitrogens is 1. The fourth-order valence-electron chi connectivity index (χ4n) is 0.788. The van der Waals surface area contributed by atoms with Crippen molar-refractivity contribution in [1.82, 2.24) is 4.98 Å². The van der Waals surface area contributed by atoms with Crippen LogP contribution in [0.5, 0.6) is 0 Å². The second kappa shape index (κ2) is 5.13. The van der Waals surface area contributed by atoms with Gasteiger partial charge in [-0.2, -0.15) is 0 Å². The molecule has 1 aromatic rings. The van der Waals surface area contributed by atoms with Gasteiger partial charge in [0.25, 0.3) is 0 Å². The molecule has 82 valence electrons. The third kappa shape index (κ3) is 3.88. The van der Waals surface area contributed by atoms with E-state index in [0.29, 0.717) is 10.0 Å². The Morgan fingerprint density at radius 2 is 2.40 bits per heavy atom. The largest absolute Gasteiger partial charge is 0.481 e. The van der Waals surface area contributed by atoms with Gasteiger partial charge in [0.2, 0.25) is 5.91 Å². The van der Waals surface area contributed by atoms with E-state index in [0.717, 1.165) is 0 Å². The van der Waals surface area contributed by atoms with Crippen LogP contribution in [0.25, 0.3) is 0 Å². The average Bonchev–Trinajstić information content (AvgIpc) is 2.51. The molecule has 1 heterocycles. The Morgan fingerprint density at radius 3 is 2.93 bits per heavy atom. The van der Waals surface area contributed by atoms with Crippen molar-refractivity contribution in [3.05, 3.63) is 11.1 Å². The molecule has 1 atom stereocenters. The monoisotopic (exact) mass is 246 g/mol. The minimum atomic E-state index is -0.917. The van der Waals surface area contributed by atoms with Crippen molar-refractivity contribution in [2.24, 2.45) is 5.73 Å². The van der Waals surface area contributed by atoms with Crippen LogP contribution in [0.4, 0.5) is 0 Å². The Balaban J connectivity index is 2.60. The highest BCUT2D eigenvalue weighted by Crippen LogP contribution is 2.26. The van der Waals surface area contributed by atoms with E-state index in [4.69, 9.17) is 10.8 Å². The van der Waals surface area contributed by atoms with Gasteiger partial charge in [0.15, 0.2) is 4.34 Å². The molecule has 0 unspecified atom stereocenters. The smallest absolute Gasteiger partial charge is 0.309 e. The molecule has 0 saturated carbocycles. The lowest BCUT2D eigenvalue weighted by Gasteiger charge is -2.02. The Hall–Kier alpha value is -1.08. The summed E-state index contributed by atoms with van der Waals surface area (Å²) in [5.74, 6) is -1.32. The van der Waals surface area contributed by atoms with Gasteiger partial charge in [-0.1, -0.05) is 11.8 Å². The molecular weight excluding hydrogens is 236 g/mol. The number of nitrogens with two attached hydrogens (primary N) is 1. The van der Waals surface area contributed by atoms with Crippen molar-refractivity contribution in [2.75, 3.05) is 0 Å². The van der Waals surface area contributed by atoms with E-state index in [-0.39, 0.29) is 11.7 Å². The highest BCUT2D eigenvalue weighted by Gasteiger charge is 2.13. The summed E-state index contributed by atoms with van der Waals surface area (Å²) < 4.78 is 0.664. The van der Waals surface area contributed by atoms with Gasteiger partial charge >= 0.3 is 5.97 Å². The second-order valence-corrected chi connectivity index (χ2v) is 5.28. The van der Waals surface area contributed by atoms with Crippen LogP contribution in [-0.4, -0.2) is 27.2 Å². The summed E-state index contributed by atoms with van der Waals surface area (Å²) in [5, 5.41) is 9.85. The summed E-state index contributed by atoms with van der Waals surface area (Å²) in [4.78, 5) is 25.2. The number of hydrogen-bond acceptors (Lipinski definition) is 5. The molecule has 1 rings (SSSR count). The fraction of sp³-hybridized carbons (Fsp3) is 0.375. The number of primary amides is 1. The molecule has 0 bridgehead atoms. The number of amides is 1. The zero-order valence-corrected chi connectivity index (χ0v) is 9.60. The molecule has 0 fully saturated rings. The number of carboxylic acid groups (broad SMARTS) is 1. The number of rotatable bonds is 5. The van der Waals surface area contributed by atoms with Crippen LogP contribution in [0.1, 0.15) is 12.6 Å². The molecule has 0 aromatic carbocycles. The third-order valence-electron chi connectivity index (χ3n) is 1.54. The highest BCUT2D eigenvalue weighted by molar-refractivity contribution is 8.02. The lowest BCUT2D eigenvalue weighted by Crippen LogP contribution is -2.22. The molecule has 0 saturated heterocycles. The standard InChI is InChI=1S/C8H10N2O3S2/c1-4(7(9)13)15-8-10-5(3-14-8)2-6(11)12/h3-4H,2H2,1H3,(H2,9,13)(H,11,12)/t4-/m1/s1. The van der Waals surface area contributed by atoms with Gasteiger partial charge in [-0.25, -0.2) is 4.98 Å². The van der Waals surface area contributed by atoms with Crippen molar-refractivity contribution >= 4 is 35.0 Å². The molecule has 7 heteroatoms. The van der Waals surface area contributed by atoms with Crippen molar-refractivity contribution < 1.29 is 14.7 Å². The van der Waals surface area contributed by atoms with Crippen molar-refractivity contribution in [2.45, 2.75) is 22.9 Å². The minimum Gasteiger partial charge on any atom is -0.481 e. The van der Waals surface area contributed by atoms with Crippen LogP contribution < -0.4 is 5.73 Å². The third-order valence-corrected chi connectivity index (χ3v) is 3.68. The van der Waals surface area contributed by atoms with Crippen LogP contribution in [0.3, 0.4) is 0 Å². The van der Waals surface area contributed by atoms with E-state index in [9.17, 15) is 9.59 Å². The molecule has 3 N–H and O–H groups in total. The quantitative estimate of drug-likeness (QED) is 0.747. The van der Waals surface area contributed by atoms with Gasteiger partial charge in [0.1, 0.15) is 0 Å². The first kappa shape index (κ1) is 12.0. The number of carbonyl (C=O) groups is 2. The summed E-state index contributed by atoms with van der Waals surface area (Å²) in [7, 11) is 0. The molecule has 0 spiro atoms. The van der Waals surface area contributed by atoms with Gasteiger partial charge in [-0.15, -0.1) is 11.3 Å². The Kier molecular flexibility index (Phi) is 4.10. The first-order valence-electron chi connectivity index (χ1n) is 4.11. The number of carboxylic acids is 1. The van der Waals surface area contributed by atoms with E-state index in [1.165, 1.54) is 23.1 Å². The summed E-state index contributed by atoms with van der Waals surface area (Å²) in [5.41, 5.74) is 5.60. The first-order valence-corrected chi connectivity index (χ1v) is 5.87. The van der Waals surface area contributed by atoms with Gasteiger partial charge in [0.05, 0.1) is 17.4 Å². The summed E-state index contributed by atoms with van der Waals surface area (Å²) in [6.45, 7) is 1.69. The maximum atomic E-state index is 10.8. The van der Waals surface area contributed by atoms with Crippen LogP contribution in [-0.2, 0) is 16.0 Å². The van der Waals surface area contributed by atoms with E-state index in [1.807, 2.05) is 0 Å². The van der Waals surface area contributed by atoms with Crippen LogP contribution in [0.15, 0.2) is 9.72 Å². The van der Waals surface area contributed by atoms with E-state index in [2.05, 4.69) is 4.98 Å². The number of carbonyl (C=O) groups excluding carboxylic acids is 1. The normalized spacial score (nSPS) is 12.3. The molecule has 0 aliphatic carbocycles. The molecule has 0 radical (unpaired) electrons. The topological polar surface area (TPSA) is 93.3 Å². The Bertz CT molecular complexity index is 378. The van der Waals surface area contributed by atoms with E-state index >= 15 is 0 Å². The molecular formula is C8H10N2O3S2. The van der Waals surface area contributed by atoms with E-state index in [1.54, 1.807) is 12.3 Å². The van der Waals surface area contributed by atoms with Crippen LogP contribution >= 0.6 is 23.1 Å². The summed E-state index contributed by atoms with van der Waals surface area (Å²) >= 11 is 2.56. The number of thiazole rings is 1. The SMILES string of the molecule is C[C@@H](Sc1nc(CC(=O)O)cs1)C(N)=O. The molecule has 15 heavy (non-hydrogen) atoms. The first-order chi connectivity index (χ1) is 6.99. The number of hydrogen-bond donors (Lipinski definition) is 2. The molecule has 1 aromatic heterocycles. The average molecular weight is 246 g/mol. The zero-order chi connectivity index (χ0) is 11.4. The molecule has 0 aliphatic rings. The van der Waals surface area contributed by atoms with Crippen molar-refractivity contribution in [3.63, 3.8) is 0 Å². The maximum Gasteiger partial charge on any atom is 0.309 e. The van der Waals surface area contributed by atoms with Gasteiger partial charge in [-0.3, -0.25) is 9.59 Å².